The van der Waals surface area contributed by atoms with Crippen molar-refractivity contribution in [2.45, 2.75) is 45.1 Å². The molecule has 4 nitrogen and oxygen atoms in total. The van der Waals surface area contributed by atoms with E-state index in [1.165, 1.54) is 11.1 Å². The molecular weight excluding hydrogens is 284 g/mol. The minimum Gasteiger partial charge on any atom is -0.396 e. The van der Waals surface area contributed by atoms with Gasteiger partial charge in [-0.1, -0.05) is 0 Å². The van der Waals surface area contributed by atoms with Crippen molar-refractivity contribution in [2.24, 2.45) is 10.9 Å². The van der Waals surface area contributed by atoms with Crippen LogP contribution in [-0.2, 0) is 13.0 Å². The molecule has 4 rings (SSSR count). The largest absolute Gasteiger partial charge is 0.396 e. The van der Waals surface area contributed by atoms with Crippen molar-refractivity contribution < 1.29 is 9.90 Å². The van der Waals surface area contributed by atoms with Gasteiger partial charge in [-0.2, -0.15) is 0 Å². The van der Waals surface area contributed by atoms with Gasteiger partial charge in [-0.05, 0) is 37.2 Å². The molecule has 21 heavy (non-hydrogen) atoms. The van der Waals surface area contributed by atoms with E-state index in [9.17, 15) is 9.90 Å². The van der Waals surface area contributed by atoms with Gasteiger partial charge in [0, 0.05) is 38.1 Å². The predicted molar refractivity (Wildman–Crippen MR) is 83.5 cm³/mol. The zero-order valence-corrected chi connectivity index (χ0v) is 12.9. The van der Waals surface area contributed by atoms with Crippen LogP contribution in [0.25, 0.3) is 0 Å². The summed E-state index contributed by atoms with van der Waals surface area (Å²) in [6, 6.07) is 0. The third-order valence-corrected chi connectivity index (χ3v) is 6.17. The Hall–Kier alpha value is -1.20. The van der Waals surface area contributed by atoms with Gasteiger partial charge in [-0.3, -0.25) is 4.79 Å². The normalized spacial score (nSPS) is 24.8. The summed E-state index contributed by atoms with van der Waals surface area (Å²) < 4.78 is 0. The average Bonchev–Trinajstić information content (AvgIpc) is 2.73. The van der Waals surface area contributed by atoms with Gasteiger partial charge in [0.1, 0.15) is 10.8 Å². The van der Waals surface area contributed by atoms with Crippen LogP contribution in [-0.4, -0.2) is 34.8 Å². The highest BCUT2D eigenvalue weighted by Crippen LogP contribution is 2.43. The van der Waals surface area contributed by atoms with Gasteiger partial charge in [0.2, 0.25) is 0 Å². The van der Waals surface area contributed by atoms with Crippen molar-refractivity contribution in [1.29, 1.82) is 0 Å². The summed E-state index contributed by atoms with van der Waals surface area (Å²) >= 11 is 1.60. The van der Waals surface area contributed by atoms with Crippen molar-refractivity contribution in [1.82, 2.24) is 4.90 Å². The van der Waals surface area contributed by atoms with Crippen LogP contribution in [0.1, 0.15) is 52.9 Å². The molecule has 0 aromatic carbocycles. The van der Waals surface area contributed by atoms with E-state index in [2.05, 4.69) is 4.90 Å². The predicted octanol–water partition coefficient (Wildman–Crippen LogP) is 2.91. The maximum Gasteiger partial charge on any atom is 0.173 e. The number of ketones is 1. The summed E-state index contributed by atoms with van der Waals surface area (Å²) in [5.74, 6) is 1.88. The van der Waals surface area contributed by atoms with E-state index in [0.717, 1.165) is 60.9 Å². The quantitative estimate of drug-likeness (QED) is 0.868. The summed E-state index contributed by atoms with van der Waals surface area (Å²) in [4.78, 5) is 20.3. The molecule has 0 radical (unpaired) electrons. The van der Waals surface area contributed by atoms with Gasteiger partial charge >= 0.3 is 0 Å². The maximum atomic E-state index is 12.1. The molecule has 2 aliphatic heterocycles. The Balaban J connectivity index is 1.69. The second-order valence-corrected chi connectivity index (χ2v) is 7.29. The van der Waals surface area contributed by atoms with Gasteiger partial charge < -0.3 is 10.0 Å². The lowest BCUT2D eigenvalue weighted by Gasteiger charge is -2.28. The topological polar surface area (TPSA) is 52.9 Å². The van der Waals surface area contributed by atoms with Gasteiger partial charge in [0.05, 0.1) is 4.88 Å². The Morgan fingerprint density at radius 2 is 2.14 bits per heavy atom. The standard InChI is InChI=1S/C16H20N2O2S/c19-9-10-4-5-14-17-16-12(8-18(14)7-6-10)11-2-1-3-13(20)15(11)21-16/h10,19H,1-9H2. The first kappa shape index (κ1) is 13.5. The van der Waals surface area contributed by atoms with Crippen molar-refractivity contribution in [3.05, 3.63) is 16.0 Å². The van der Waals surface area contributed by atoms with E-state index in [1.54, 1.807) is 11.3 Å². The highest BCUT2D eigenvalue weighted by atomic mass is 32.1. The number of thiophene rings is 1. The zero-order chi connectivity index (χ0) is 14.4. The van der Waals surface area contributed by atoms with Crippen LogP contribution in [0.3, 0.4) is 0 Å². The minimum absolute atomic E-state index is 0.285. The summed E-state index contributed by atoms with van der Waals surface area (Å²) in [5.41, 5.74) is 2.58. The molecule has 1 N–H and O–H groups in total. The molecule has 5 heteroatoms. The van der Waals surface area contributed by atoms with Crippen molar-refractivity contribution in [2.75, 3.05) is 13.2 Å². The maximum absolute atomic E-state index is 12.1. The van der Waals surface area contributed by atoms with Crippen molar-refractivity contribution in [3.8, 4) is 0 Å². The first-order valence-electron chi connectivity index (χ1n) is 7.87. The SMILES string of the molecule is O=C1CCCc2c1sc1c2CN2CCC(CO)CCC2=N1. The Kier molecular flexibility index (Phi) is 3.34. The van der Waals surface area contributed by atoms with E-state index in [4.69, 9.17) is 4.99 Å². The molecule has 3 heterocycles. The van der Waals surface area contributed by atoms with Crippen LogP contribution in [0.2, 0.25) is 0 Å². The first-order chi connectivity index (χ1) is 10.3. The van der Waals surface area contributed by atoms with Crippen LogP contribution < -0.4 is 0 Å². The van der Waals surface area contributed by atoms with Crippen LogP contribution in [0.4, 0.5) is 5.00 Å². The van der Waals surface area contributed by atoms with E-state index in [1.807, 2.05) is 0 Å². The lowest BCUT2D eigenvalue weighted by Crippen LogP contribution is -2.32. The second-order valence-electron chi connectivity index (χ2n) is 6.30. The van der Waals surface area contributed by atoms with Gasteiger partial charge in [0.25, 0.3) is 0 Å². The summed E-state index contributed by atoms with van der Waals surface area (Å²) in [6.07, 6.45) is 5.72. The molecule has 1 aromatic rings. The number of aliphatic hydroxyl groups excluding tert-OH is 1. The number of carbonyl (C=O) groups excluding carboxylic acids is 1. The van der Waals surface area contributed by atoms with E-state index >= 15 is 0 Å². The smallest absolute Gasteiger partial charge is 0.173 e. The van der Waals surface area contributed by atoms with Crippen LogP contribution in [0.5, 0.6) is 0 Å². The molecule has 1 aromatic heterocycles. The fourth-order valence-electron chi connectivity index (χ4n) is 3.66. The minimum atomic E-state index is 0.285. The van der Waals surface area contributed by atoms with Crippen LogP contribution in [0, 0.1) is 5.92 Å². The molecule has 1 fully saturated rings. The number of aliphatic hydroxyl groups is 1. The van der Waals surface area contributed by atoms with Gasteiger partial charge in [-0.15, -0.1) is 11.3 Å². The first-order valence-corrected chi connectivity index (χ1v) is 8.69. The molecule has 1 unspecified atom stereocenters. The number of fused-ring (bicyclic) bond motifs is 4. The Morgan fingerprint density at radius 1 is 1.24 bits per heavy atom. The van der Waals surface area contributed by atoms with Gasteiger partial charge in [0.15, 0.2) is 5.78 Å². The van der Waals surface area contributed by atoms with Crippen molar-refractivity contribution in [3.63, 3.8) is 0 Å². The lowest BCUT2D eigenvalue weighted by molar-refractivity contribution is 0.0976. The molecule has 112 valence electrons. The number of hydrogen-bond donors (Lipinski definition) is 1. The third-order valence-electron chi connectivity index (χ3n) is 4.97. The Morgan fingerprint density at radius 3 is 3.00 bits per heavy atom. The average molecular weight is 304 g/mol. The molecule has 0 bridgehead atoms. The second kappa shape index (κ2) is 5.21. The van der Waals surface area contributed by atoms with Crippen LogP contribution in [0.15, 0.2) is 4.99 Å². The molecule has 0 spiro atoms. The number of nitrogens with zero attached hydrogens (tertiary/aromatic N) is 2. The van der Waals surface area contributed by atoms with E-state index in [0.29, 0.717) is 18.1 Å². The number of amidine groups is 1. The molecule has 0 amide bonds. The fourth-order valence-corrected chi connectivity index (χ4v) is 4.88. The molecular formula is C16H20N2O2S. The Labute approximate surface area is 128 Å². The number of hydrogen-bond acceptors (Lipinski definition) is 5. The fraction of sp³-hybridized carbons (Fsp3) is 0.625. The third kappa shape index (κ3) is 2.23. The number of Topliss-reactive ketones (excluding diaryl/α,β-unsaturated/α-hetero) is 1. The summed E-state index contributed by atoms with van der Waals surface area (Å²) in [5, 5.41) is 10.4. The van der Waals surface area contributed by atoms with Gasteiger partial charge in [-0.25, -0.2) is 4.99 Å². The highest BCUT2D eigenvalue weighted by molar-refractivity contribution is 7.18. The zero-order valence-electron chi connectivity index (χ0n) is 12.1. The molecule has 1 aliphatic carbocycles. The Bertz CT molecular complexity index is 620. The van der Waals surface area contributed by atoms with Crippen LogP contribution >= 0.6 is 11.3 Å². The molecule has 3 aliphatic rings. The number of aliphatic imine (C=N–C) groups is 1. The monoisotopic (exact) mass is 304 g/mol. The summed E-state index contributed by atoms with van der Waals surface area (Å²) in [7, 11) is 0. The molecule has 0 saturated carbocycles. The lowest BCUT2D eigenvalue weighted by atomic mass is 9.94. The van der Waals surface area contributed by atoms with Crippen molar-refractivity contribution >= 4 is 28.0 Å². The van der Waals surface area contributed by atoms with E-state index in [-0.39, 0.29) is 6.61 Å². The molecule has 1 atom stereocenters. The van der Waals surface area contributed by atoms with E-state index < -0.39 is 0 Å². The number of carbonyl (C=O) groups is 1. The number of rotatable bonds is 1. The highest BCUT2D eigenvalue weighted by Gasteiger charge is 2.31. The summed E-state index contributed by atoms with van der Waals surface area (Å²) in [6.45, 7) is 2.17. The molecule has 1 saturated heterocycles.